The molecular weight excluding hydrogens is 216 g/mol. The SMILES string of the molecule is O=C(CNC1CCCCCC1O)N1CCCC1. The van der Waals surface area contributed by atoms with Crippen molar-refractivity contribution in [3.05, 3.63) is 0 Å². The first-order valence-corrected chi connectivity index (χ1v) is 6.96. The third kappa shape index (κ3) is 3.68. The standard InChI is InChI=1S/C13H24N2O2/c16-12-7-3-1-2-6-11(12)14-10-13(17)15-8-4-5-9-15/h11-12,14,16H,1-10H2. The monoisotopic (exact) mass is 240 g/mol. The Bertz CT molecular complexity index is 252. The van der Waals surface area contributed by atoms with Gasteiger partial charge in [-0.25, -0.2) is 0 Å². The Balaban J connectivity index is 1.73. The fraction of sp³-hybridized carbons (Fsp3) is 0.923. The number of nitrogens with zero attached hydrogens (tertiary/aromatic N) is 1. The van der Waals surface area contributed by atoms with Gasteiger partial charge in [-0.3, -0.25) is 4.79 Å². The molecule has 17 heavy (non-hydrogen) atoms. The lowest BCUT2D eigenvalue weighted by Crippen LogP contribution is -2.45. The number of hydrogen-bond acceptors (Lipinski definition) is 3. The molecule has 1 amide bonds. The van der Waals surface area contributed by atoms with Crippen LogP contribution in [0, 0.1) is 0 Å². The van der Waals surface area contributed by atoms with Gasteiger partial charge in [-0.05, 0) is 25.7 Å². The third-order valence-electron chi connectivity index (χ3n) is 3.95. The first-order chi connectivity index (χ1) is 8.27. The lowest BCUT2D eigenvalue weighted by Gasteiger charge is -2.23. The molecule has 2 rings (SSSR count). The van der Waals surface area contributed by atoms with Crippen LogP contribution in [0.2, 0.25) is 0 Å². The molecule has 2 N–H and O–H groups in total. The average molecular weight is 240 g/mol. The number of nitrogens with one attached hydrogen (secondary N) is 1. The fourth-order valence-electron chi connectivity index (χ4n) is 2.82. The Morgan fingerprint density at radius 2 is 1.82 bits per heavy atom. The number of likely N-dealkylation sites (tertiary alicyclic amines) is 1. The summed E-state index contributed by atoms with van der Waals surface area (Å²) in [7, 11) is 0. The molecule has 2 aliphatic rings. The second-order valence-corrected chi connectivity index (χ2v) is 5.28. The van der Waals surface area contributed by atoms with Crippen molar-refractivity contribution in [1.29, 1.82) is 0 Å². The maximum Gasteiger partial charge on any atom is 0.236 e. The van der Waals surface area contributed by atoms with E-state index in [2.05, 4.69) is 5.32 Å². The van der Waals surface area contributed by atoms with Gasteiger partial charge in [0.1, 0.15) is 0 Å². The van der Waals surface area contributed by atoms with E-state index in [0.29, 0.717) is 6.54 Å². The Kier molecular flexibility index (Phi) is 4.80. The van der Waals surface area contributed by atoms with Gasteiger partial charge in [0, 0.05) is 19.1 Å². The molecule has 0 aromatic carbocycles. The van der Waals surface area contributed by atoms with E-state index >= 15 is 0 Å². The summed E-state index contributed by atoms with van der Waals surface area (Å²) in [4.78, 5) is 13.8. The summed E-state index contributed by atoms with van der Waals surface area (Å²) >= 11 is 0. The van der Waals surface area contributed by atoms with Crippen molar-refractivity contribution >= 4 is 5.91 Å². The van der Waals surface area contributed by atoms with Crippen molar-refractivity contribution in [2.24, 2.45) is 0 Å². The lowest BCUT2D eigenvalue weighted by molar-refractivity contribution is -0.129. The van der Waals surface area contributed by atoms with E-state index in [9.17, 15) is 9.90 Å². The van der Waals surface area contributed by atoms with Gasteiger partial charge in [0.05, 0.1) is 12.6 Å². The summed E-state index contributed by atoms with van der Waals surface area (Å²) in [5.74, 6) is 0.193. The predicted molar refractivity (Wildman–Crippen MR) is 66.7 cm³/mol. The van der Waals surface area contributed by atoms with Crippen LogP contribution in [0.5, 0.6) is 0 Å². The van der Waals surface area contributed by atoms with E-state index in [1.165, 1.54) is 6.42 Å². The minimum Gasteiger partial charge on any atom is -0.392 e. The van der Waals surface area contributed by atoms with Crippen LogP contribution in [-0.4, -0.2) is 47.7 Å². The molecule has 0 bridgehead atoms. The molecule has 1 heterocycles. The topological polar surface area (TPSA) is 52.6 Å². The molecule has 0 spiro atoms. The second-order valence-electron chi connectivity index (χ2n) is 5.28. The minimum absolute atomic E-state index is 0.115. The van der Waals surface area contributed by atoms with Crippen molar-refractivity contribution in [2.75, 3.05) is 19.6 Å². The first kappa shape index (κ1) is 12.8. The van der Waals surface area contributed by atoms with Crippen LogP contribution in [0.4, 0.5) is 0 Å². The number of aliphatic hydroxyl groups is 1. The molecule has 1 saturated heterocycles. The van der Waals surface area contributed by atoms with E-state index in [1.807, 2.05) is 4.90 Å². The summed E-state index contributed by atoms with van der Waals surface area (Å²) in [6, 6.07) is 0.115. The maximum absolute atomic E-state index is 11.9. The molecule has 0 aromatic rings. The third-order valence-corrected chi connectivity index (χ3v) is 3.95. The largest absolute Gasteiger partial charge is 0.392 e. The van der Waals surface area contributed by atoms with Crippen molar-refractivity contribution < 1.29 is 9.90 Å². The quantitative estimate of drug-likeness (QED) is 0.720. The van der Waals surface area contributed by atoms with Crippen molar-refractivity contribution in [3.63, 3.8) is 0 Å². The molecule has 98 valence electrons. The Hall–Kier alpha value is -0.610. The van der Waals surface area contributed by atoms with Gasteiger partial charge in [-0.1, -0.05) is 19.3 Å². The Labute approximate surface area is 103 Å². The highest BCUT2D eigenvalue weighted by Gasteiger charge is 2.23. The van der Waals surface area contributed by atoms with Crippen molar-refractivity contribution in [3.8, 4) is 0 Å². The summed E-state index contributed by atoms with van der Waals surface area (Å²) < 4.78 is 0. The van der Waals surface area contributed by atoms with E-state index in [-0.39, 0.29) is 18.1 Å². The summed E-state index contributed by atoms with van der Waals surface area (Å²) in [6.45, 7) is 2.21. The van der Waals surface area contributed by atoms with Crippen LogP contribution in [0.15, 0.2) is 0 Å². The molecule has 0 aromatic heterocycles. The highest BCUT2D eigenvalue weighted by molar-refractivity contribution is 5.78. The number of aliphatic hydroxyl groups excluding tert-OH is 1. The molecular formula is C13H24N2O2. The maximum atomic E-state index is 11.9. The average Bonchev–Trinajstić information content (AvgIpc) is 2.78. The van der Waals surface area contributed by atoms with Gasteiger partial charge < -0.3 is 15.3 Å². The molecule has 4 heteroatoms. The lowest BCUT2D eigenvalue weighted by atomic mass is 10.1. The molecule has 4 nitrogen and oxygen atoms in total. The molecule has 1 saturated carbocycles. The molecule has 2 atom stereocenters. The highest BCUT2D eigenvalue weighted by Crippen LogP contribution is 2.18. The van der Waals surface area contributed by atoms with Gasteiger partial charge in [0.2, 0.25) is 5.91 Å². The van der Waals surface area contributed by atoms with Gasteiger partial charge in [0.25, 0.3) is 0 Å². The van der Waals surface area contributed by atoms with E-state index < -0.39 is 0 Å². The normalized spacial score (nSPS) is 30.3. The van der Waals surface area contributed by atoms with Crippen LogP contribution in [-0.2, 0) is 4.79 Å². The fourth-order valence-corrected chi connectivity index (χ4v) is 2.82. The van der Waals surface area contributed by atoms with Crippen LogP contribution in [0.25, 0.3) is 0 Å². The Morgan fingerprint density at radius 1 is 1.12 bits per heavy atom. The van der Waals surface area contributed by atoms with Crippen LogP contribution >= 0.6 is 0 Å². The number of amides is 1. The number of carbonyl (C=O) groups excluding carboxylic acids is 1. The van der Waals surface area contributed by atoms with E-state index in [1.54, 1.807) is 0 Å². The van der Waals surface area contributed by atoms with Crippen molar-refractivity contribution in [1.82, 2.24) is 10.2 Å². The van der Waals surface area contributed by atoms with Gasteiger partial charge >= 0.3 is 0 Å². The highest BCUT2D eigenvalue weighted by atomic mass is 16.3. The predicted octanol–water partition coefficient (Wildman–Crippen LogP) is 0.892. The molecule has 1 aliphatic heterocycles. The van der Waals surface area contributed by atoms with E-state index in [0.717, 1.165) is 51.6 Å². The first-order valence-electron chi connectivity index (χ1n) is 6.96. The number of carbonyl (C=O) groups is 1. The number of rotatable bonds is 3. The molecule has 2 fully saturated rings. The summed E-state index contributed by atoms with van der Waals surface area (Å²) in [5, 5.41) is 13.2. The van der Waals surface area contributed by atoms with Crippen LogP contribution < -0.4 is 5.32 Å². The van der Waals surface area contributed by atoms with Gasteiger partial charge in [-0.15, -0.1) is 0 Å². The molecule has 0 radical (unpaired) electrons. The van der Waals surface area contributed by atoms with E-state index in [4.69, 9.17) is 0 Å². The van der Waals surface area contributed by atoms with Gasteiger partial charge in [-0.2, -0.15) is 0 Å². The summed E-state index contributed by atoms with van der Waals surface area (Å²) in [5.41, 5.74) is 0. The van der Waals surface area contributed by atoms with Crippen LogP contribution in [0.1, 0.15) is 44.9 Å². The van der Waals surface area contributed by atoms with Crippen molar-refractivity contribution in [2.45, 2.75) is 57.1 Å². The van der Waals surface area contributed by atoms with Gasteiger partial charge in [0.15, 0.2) is 0 Å². The zero-order valence-electron chi connectivity index (χ0n) is 10.5. The smallest absolute Gasteiger partial charge is 0.236 e. The van der Waals surface area contributed by atoms with Crippen LogP contribution in [0.3, 0.4) is 0 Å². The zero-order chi connectivity index (χ0) is 12.1. The Morgan fingerprint density at radius 3 is 2.59 bits per heavy atom. The number of hydrogen-bond donors (Lipinski definition) is 2. The summed E-state index contributed by atoms with van der Waals surface area (Å²) in [6.07, 6.45) is 7.34. The molecule has 1 aliphatic carbocycles. The molecule has 2 unspecified atom stereocenters. The zero-order valence-corrected chi connectivity index (χ0v) is 10.5. The minimum atomic E-state index is -0.274. The second kappa shape index (κ2) is 6.36.